The van der Waals surface area contributed by atoms with E-state index in [4.69, 9.17) is 5.11 Å². The molecule has 1 saturated heterocycles. The van der Waals surface area contributed by atoms with Crippen molar-refractivity contribution in [3.63, 3.8) is 0 Å². The Morgan fingerprint density at radius 3 is 2.71 bits per heavy atom. The number of nitrogens with one attached hydrogen (secondary N) is 1. The number of aromatic carboxylic acids is 1. The molecule has 1 aliphatic rings. The summed E-state index contributed by atoms with van der Waals surface area (Å²) in [4.78, 5) is 12.8. The van der Waals surface area contributed by atoms with Gasteiger partial charge in [-0.15, -0.1) is 0 Å². The Kier molecular flexibility index (Phi) is 4.41. The van der Waals surface area contributed by atoms with E-state index in [9.17, 15) is 18.0 Å². The minimum atomic E-state index is -4.55. The quantitative estimate of drug-likeness (QED) is 0.897. The molecule has 1 heterocycles. The molecule has 7 heteroatoms. The summed E-state index contributed by atoms with van der Waals surface area (Å²) in [6.45, 7) is 3.95. The van der Waals surface area contributed by atoms with Crippen molar-refractivity contribution in [3.05, 3.63) is 29.3 Å². The lowest BCUT2D eigenvalue weighted by Gasteiger charge is -2.21. The molecule has 1 unspecified atom stereocenters. The smallest absolute Gasteiger partial charge is 0.416 e. The summed E-state index contributed by atoms with van der Waals surface area (Å²) in [7, 11) is 0. The number of carboxylic acid groups (broad SMARTS) is 1. The van der Waals surface area contributed by atoms with Gasteiger partial charge in [-0.3, -0.25) is 0 Å². The Morgan fingerprint density at radius 1 is 1.43 bits per heavy atom. The molecule has 0 saturated carbocycles. The minimum Gasteiger partial charge on any atom is -0.478 e. The first-order chi connectivity index (χ1) is 9.81. The van der Waals surface area contributed by atoms with Gasteiger partial charge in [-0.2, -0.15) is 13.2 Å². The number of halogens is 3. The van der Waals surface area contributed by atoms with E-state index in [0.29, 0.717) is 24.8 Å². The van der Waals surface area contributed by atoms with Crippen LogP contribution in [0.4, 0.5) is 18.9 Å². The van der Waals surface area contributed by atoms with Gasteiger partial charge in [0.15, 0.2) is 0 Å². The zero-order chi connectivity index (χ0) is 15.6. The van der Waals surface area contributed by atoms with Crippen molar-refractivity contribution in [1.29, 1.82) is 0 Å². The third kappa shape index (κ3) is 3.66. The maximum Gasteiger partial charge on any atom is 0.416 e. The average Bonchev–Trinajstić information content (AvgIpc) is 2.86. The van der Waals surface area contributed by atoms with Crippen LogP contribution < -0.4 is 10.2 Å². The number of hydrogen-bond acceptors (Lipinski definition) is 3. The molecule has 1 fully saturated rings. The molecule has 0 aliphatic carbocycles. The first kappa shape index (κ1) is 15.6. The summed E-state index contributed by atoms with van der Waals surface area (Å²) < 4.78 is 38.6. The zero-order valence-corrected chi connectivity index (χ0v) is 11.6. The number of likely N-dealkylation sites (N-methyl/N-ethyl adjacent to an activating group) is 1. The van der Waals surface area contributed by atoms with Crippen LogP contribution in [0.5, 0.6) is 0 Å². The van der Waals surface area contributed by atoms with E-state index in [1.165, 1.54) is 6.07 Å². The van der Waals surface area contributed by atoms with Crippen molar-refractivity contribution in [2.75, 3.05) is 24.5 Å². The van der Waals surface area contributed by atoms with E-state index >= 15 is 0 Å². The van der Waals surface area contributed by atoms with E-state index in [1.807, 2.05) is 6.92 Å². The summed E-state index contributed by atoms with van der Waals surface area (Å²) in [5, 5.41) is 12.2. The summed E-state index contributed by atoms with van der Waals surface area (Å²) in [5.74, 6) is -1.36. The highest BCUT2D eigenvalue weighted by Crippen LogP contribution is 2.34. The van der Waals surface area contributed by atoms with Crippen LogP contribution in [-0.4, -0.2) is 36.8 Å². The Morgan fingerprint density at radius 2 is 2.14 bits per heavy atom. The third-order valence-corrected chi connectivity index (χ3v) is 3.54. The number of rotatable bonds is 4. The van der Waals surface area contributed by atoms with E-state index in [1.54, 1.807) is 4.90 Å². The molecule has 1 atom stereocenters. The van der Waals surface area contributed by atoms with Gasteiger partial charge >= 0.3 is 12.1 Å². The number of nitrogens with zero attached hydrogens (tertiary/aromatic N) is 1. The Hall–Kier alpha value is -1.76. The largest absolute Gasteiger partial charge is 0.478 e. The van der Waals surface area contributed by atoms with E-state index in [2.05, 4.69) is 5.32 Å². The molecule has 2 N–H and O–H groups in total. The zero-order valence-electron chi connectivity index (χ0n) is 11.6. The Balaban J connectivity index is 2.31. The van der Waals surface area contributed by atoms with Crippen LogP contribution in [0.2, 0.25) is 0 Å². The van der Waals surface area contributed by atoms with Gasteiger partial charge in [-0.05, 0) is 31.2 Å². The predicted octanol–water partition coefficient (Wildman–Crippen LogP) is 2.59. The predicted molar refractivity (Wildman–Crippen MR) is 72.7 cm³/mol. The van der Waals surface area contributed by atoms with Crippen molar-refractivity contribution in [2.45, 2.75) is 25.6 Å². The molecule has 0 spiro atoms. The van der Waals surface area contributed by atoms with Crippen molar-refractivity contribution >= 4 is 11.7 Å². The molecule has 0 bridgehead atoms. The van der Waals surface area contributed by atoms with E-state index in [0.717, 1.165) is 19.0 Å². The molecule has 116 valence electrons. The van der Waals surface area contributed by atoms with Gasteiger partial charge in [-0.25, -0.2) is 4.79 Å². The number of hydrogen-bond donors (Lipinski definition) is 2. The van der Waals surface area contributed by atoms with Crippen LogP contribution in [0.25, 0.3) is 0 Å². The number of alkyl halides is 3. The number of carbonyl (C=O) groups is 1. The van der Waals surface area contributed by atoms with E-state index in [-0.39, 0.29) is 11.6 Å². The molecule has 21 heavy (non-hydrogen) atoms. The second kappa shape index (κ2) is 5.93. The number of anilines is 1. The van der Waals surface area contributed by atoms with Gasteiger partial charge in [0.05, 0.1) is 11.1 Å². The molecule has 0 aromatic heterocycles. The van der Waals surface area contributed by atoms with Crippen molar-refractivity contribution in [2.24, 2.45) is 0 Å². The molecular formula is C14H17F3N2O2. The standard InChI is InChI=1S/C14H17F3N2O2/c1-2-18-11-3-4-19(8-11)12-6-9(13(20)21)5-10(7-12)14(15,16)17/h5-7,11,18H,2-4,8H2,1H3,(H,20,21). The second-order valence-electron chi connectivity index (χ2n) is 5.06. The molecule has 1 aliphatic heterocycles. The van der Waals surface area contributed by atoms with Crippen LogP contribution in [0.1, 0.15) is 29.3 Å². The first-order valence-electron chi connectivity index (χ1n) is 6.75. The second-order valence-corrected chi connectivity index (χ2v) is 5.06. The van der Waals surface area contributed by atoms with Crippen LogP contribution in [0.3, 0.4) is 0 Å². The lowest BCUT2D eigenvalue weighted by atomic mass is 10.1. The fraction of sp³-hybridized carbons (Fsp3) is 0.500. The third-order valence-electron chi connectivity index (χ3n) is 3.54. The van der Waals surface area contributed by atoms with Gasteiger partial charge in [-0.1, -0.05) is 6.92 Å². The summed E-state index contributed by atoms with van der Waals surface area (Å²) in [6.07, 6.45) is -3.73. The van der Waals surface area contributed by atoms with Crippen LogP contribution in [0.15, 0.2) is 18.2 Å². The fourth-order valence-electron chi connectivity index (χ4n) is 2.53. The van der Waals surface area contributed by atoms with Gasteiger partial charge in [0, 0.05) is 24.8 Å². The summed E-state index contributed by atoms with van der Waals surface area (Å²) >= 11 is 0. The maximum atomic E-state index is 12.9. The van der Waals surface area contributed by atoms with Crippen LogP contribution in [-0.2, 0) is 6.18 Å². The molecule has 1 aromatic rings. The molecule has 1 aromatic carbocycles. The molecular weight excluding hydrogens is 285 g/mol. The molecule has 0 amide bonds. The molecule has 0 radical (unpaired) electrons. The average molecular weight is 302 g/mol. The molecule has 2 rings (SSSR count). The highest BCUT2D eigenvalue weighted by atomic mass is 19.4. The van der Waals surface area contributed by atoms with Crippen molar-refractivity contribution in [3.8, 4) is 0 Å². The summed E-state index contributed by atoms with van der Waals surface area (Å²) in [6, 6.07) is 3.20. The monoisotopic (exact) mass is 302 g/mol. The normalized spacial score (nSPS) is 19.0. The number of benzene rings is 1. The highest BCUT2D eigenvalue weighted by molar-refractivity contribution is 5.89. The Labute approximate surface area is 120 Å². The SMILES string of the molecule is CCNC1CCN(c2cc(C(=O)O)cc(C(F)(F)F)c2)C1. The van der Waals surface area contributed by atoms with Gasteiger partial charge in [0.25, 0.3) is 0 Å². The maximum absolute atomic E-state index is 12.9. The van der Waals surface area contributed by atoms with Crippen molar-refractivity contribution < 1.29 is 23.1 Å². The van der Waals surface area contributed by atoms with Gasteiger partial charge in [0.1, 0.15) is 0 Å². The van der Waals surface area contributed by atoms with Crippen LogP contribution >= 0.6 is 0 Å². The van der Waals surface area contributed by atoms with Gasteiger partial charge in [0.2, 0.25) is 0 Å². The fourth-order valence-corrected chi connectivity index (χ4v) is 2.53. The first-order valence-corrected chi connectivity index (χ1v) is 6.75. The Bertz CT molecular complexity index is 531. The lowest BCUT2D eigenvalue weighted by molar-refractivity contribution is -0.137. The number of carboxylic acids is 1. The van der Waals surface area contributed by atoms with Crippen LogP contribution in [0, 0.1) is 0 Å². The minimum absolute atomic E-state index is 0.220. The highest BCUT2D eigenvalue weighted by Gasteiger charge is 2.33. The van der Waals surface area contributed by atoms with Gasteiger partial charge < -0.3 is 15.3 Å². The lowest BCUT2D eigenvalue weighted by Crippen LogP contribution is -2.32. The molecule has 4 nitrogen and oxygen atoms in total. The van der Waals surface area contributed by atoms with Crippen molar-refractivity contribution in [1.82, 2.24) is 5.32 Å². The summed E-state index contributed by atoms with van der Waals surface area (Å²) in [5.41, 5.74) is -0.960. The topological polar surface area (TPSA) is 52.6 Å². The van der Waals surface area contributed by atoms with E-state index < -0.39 is 17.7 Å².